The molecule has 0 spiro atoms. The fraction of sp³-hybridized carbons (Fsp3) is 0.680. The Labute approximate surface area is 211 Å². The van der Waals surface area contributed by atoms with Crippen LogP contribution in [0.15, 0.2) is 24.3 Å². The molecule has 0 aromatic heterocycles. The van der Waals surface area contributed by atoms with Gasteiger partial charge in [-0.15, -0.1) is 5.75 Å². The van der Waals surface area contributed by atoms with E-state index in [4.69, 9.17) is 4.74 Å². The Morgan fingerprint density at radius 3 is 1.90 bits per heavy atom. The molecule has 0 aliphatic carbocycles. The zero-order valence-electron chi connectivity index (χ0n) is 19.9. The summed E-state index contributed by atoms with van der Waals surface area (Å²) in [5.74, 6) is -0.632. The molecule has 170 valence electrons. The van der Waals surface area contributed by atoms with Gasteiger partial charge in [-0.1, -0.05) is 95.4 Å². The minimum atomic E-state index is -0.720. The first-order valence-corrected chi connectivity index (χ1v) is 11.8. The largest absolute Gasteiger partial charge is 1.00 e. The number of amides is 1. The minimum Gasteiger partial charge on any atom is -0.872 e. The Hall–Kier alpha value is -1.04. The Morgan fingerprint density at radius 1 is 0.871 bits per heavy atom. The second-order valence-corrected chi connectivity index (χ2v) is 8.01. The molecule has 1 N–H and O–H groups in total. The van der Waals surface area contributed by atoms with Crippen molar-refractivity contribution < 1.29 is 49.0 Å². The third kappa shape index (κ3) is 15.4. The number of hydrogen-bond acceptors (Lipinski definition) is 4. The zero-order valence-corrected chi connectivity index (χ0v) is 21.9. The number of ether oxygens (including phenoxy) is 1. The van der Waals surface area contributed by atoms with E-state index in [1.807, 2.05) is 0 Å². The van der Waals surface area contributed by atoms with E-state index in [1.54, 1.807) is 19.1 Å². The van der Waals surface area contributed by atoms with E-state index in [-0.39, 0.29) is 47.8 Å². The van der Waals surface area contributed by atoms with Gasteiger partial charge >= 0.3 is 35.5 Å². The smallest absolute Gasteiger partial charge is 0.872 e. The Balaban J connectivity index is 0.00000900. The zero-order chi connectivity index (χ0) is 22.0. The predicted molar refractivity (Wildman–Crippen MR) is 119 cm³/mol. The number of esters is 1. The van der Waals surface area contributed by atoms with Gasteiger partial charge < -0.3 is 15.2 Å². The molecule has 0 aliphatic rings. The Kier molecular flexibility index (Phi) is 19.0. The van der Waals surface area contributed by atoms with Crippen LogP contribution in [0, 0.1) is 0 Å². The maximum Gasteiger partial charge on any atom is 1.00 e. The van der Waals surface area contributed by atoms with Crippen molar-refractivity contribution in [3.63, 3.8) is 0 Å². The molecule has 1 unspecified atom stereocenters. The van der Waals surface area contributed by atoms with Crippen molar-refractivity contribution in [1.29, 1.82) is 0 Å². The second kappa shape index (κ2) is 19.6. The van der Waals surface area contributed by atoms with Crippen LogP contribution in [0.2, 0.25) is 0 Å². The van der Waals surface area contributed by atoms with Crippen molar-refractivity contribution in [2.24, 2.45) is 0 Å². The average Bonchev–Trinajstić information content (AvgIpc) is 2.73. The van der Waals surface area contributed by atoms with E-state index in [2.05, 4.69) is 12.2 Å². The van der Waals surface area contributed by atoms with Gasteiger partial charge in [0.15, 0.2) is 0 Å². The first-order valence-electron chi connectivity index (χ1n) is 11.8. The summed E-state index contributed by atoms with van der Waals surface area (Å²) in [4.78, 5) is 24.5. The van der Waals surface area contributed by atoms with Crippen LogP contribution < -0.4 is 40.0 Å². The van der Waals surface area contributed by atoms with Crippen LogP contribution in [-0.2, 0) is 20.7 Å². The van der Waals surface area contributed by atoms with Gasteiger partial charge in [0.1, 0.15) is 6.04 Å². The summed E-state index contributed by atoms with van der Waals surface area (Å²) in [6.07, 6.45) is 14.3. The van der Waals surface area contributed by atoms with E-state index in [0.29, 0.717) is 12.8 Å². The summed E-state index contributed by atoms with van der Waals surface area (Å²) in [7, 11) is 0. The normalized spacial score (nSPS) is 11.4. The van der Waals surface area contributed by atoms with Crippen LogP contribution in [-0.4, -0.2) is 24.5 Å². The van der Waals surface area contributed by atoms with E-state index in [1.165, 1.54) is 63.5 Å². The van der Waals surface area contributed by atoms with Crippen LogP contribution in [0.3, 0.4) is 0 Å². The molecule has 5 nitrogen and oxygen atoms in total. The van der Waals surface area contributed by atoms with Crippen molar-refractivity contribution in [3.8, 4) is 5.75 Å². The maximum atomic E-state index is 12.3. The third-order valence-corrected chi connectivity index (χ3v) is 5.28. The van der Waals surface area contributed by atoms with Gasteiger partial charge in [0.2, 0.25) is 5.91 Å². The standard InChI is InChI=1S/C25H41NO4.Na/c1-3-5-6-7-8-9-10-11-12-13-14-15-24(28)26-23(25(29)30-4-2)20-21-16-18-22(27)19-17-21;/h16-19,23,27H,3-15,20H2,1-2H3,(H,26,28);/q;+1/p-1. The number of rotatable bonds is 17. The van der Waals surface area contributed by atoms with Crippen LogP contribution in [0.4, 0.5) is 0 Å². The number of carbonyl (C=O) groups excluding carboxylic acids is 2. The SMILES string of the molecule is CCCCCCCCCCCCCC(=O)NC(Cc1ccc([O-])cc1)C(=O)OCC.[Na+]. The van der Waals surface area contributed by atoms with Crippen LogP contribution >= 0.6 is 0 Å². The van der Waals surface area contributed by atoms with Crippen molar-refractivity contribution in [3.05, 3.63) is 29.8 Å². The van der Waals surface area contributed by atoms with Gasteiger partial charge in [-0.05, 0) is 18.9 Å². The van der Waals surface area contributed by atoms with Crippen LogP contribution in [0.1, 0.15) is 96.5 Å². The molecular weight excluding hydrogens is 401 g/mol. The van der Waals surface area contributed by atoms with Gasteiger partial charge in [0, 0.05) is 12.8 Å². The van der Waals surface area contributed by atoms with E-state index in [0.717, 1.165) is 24.8 Å². The molecule has 0 heterocycles. The van der Waals surface area contributed by atoms with Crippen molar-refractivity contribution in [1.82, 2.24) is 5.32 Å². The molecule has 1 atom stereocenters. The molecule has 0 saturated carbocycles. The molecule has 0 saturated heterocycles. The van der Waals surface area contributed by atoms with Gasteiger partial charge in [-0.3, -0.25) is 4.79 Å². The van der Waals surface area contributed by atoms with Gasteiger partial charge in [-0.25, -0.2) is 4.79 Å². The van der Waals surface area contributed by atoms with E-state index < -0.39 is 12.0 Å². The Morgan fingerprint density at radius 2 is 1.39 bits per heavy atom. The summed E-state index contributed by atoms with van der Waals surface area (Å²) in [5, 5.41) is 14.1. The fourth-order valence-corrected chi connectivity index (χ4v) is 3.51. The van der Waals surface area contributed by atoms with Crippen LogP contribution in [0.5, 0.6) is 5.75 Å². The second-order valence-electron chi connectivity index (χ2n) is 8.01. The third-order valence-electron chi connectivity index (χ3n) is 5.28. The number of carbonyl (C=O) groups is 2. The molecular formula is C25H40NNaO4. The predicted octanol–water partition coefficient (Wildman–Crippen LogP) is 2.06. The van der Waals surface area contributed by atoms with Crippen molar-refractivity contribution in [2.75, 3.05) is 6.61 Å². The van der Waals surface area contributed by atoms with Crippen molar-refractivity contribution in [2.45, 2.75) is 103 Å². The maximum absolute atomic E-state index is 12.3. The molecule has 0 aliphatic heterocycles. The van der Waals surface area contributed by atoms with Crippen LogP contribution in [0.25, 0.3) is 0 Å². The monoisotopic (exact) mass is 441 g/mol. The van der Waals surface area contributed by atoms with Crippen molar-refractivity contribution >= 4 is 11.9 Å². The average molecular weight is 442 g/mol. The van der Waals surface area contributed by atoms with E-state index in [9.17, 15) is 14.7 Å². The first-order chi connectivity index (χ1) is 14.6. The summed E-state index contributed by atoms with van der Waals surface area (Å²) in [5.41, 5.74) is 0.822. The Bertz CT molecular complexity index is 592. The van der Waals surface area contributed by atoms with Gasteiger partial charge in [-0.2, -0.15) is 0 Å². The quantitative estimate of drug-likeness (QED) is 0.228. The van der Waals surface area contributed by atoms with E-state index >= 15 is 0 Å². The minimum absolute atomic E-state index is 0. The molecule has 31 heavy (non-hydrogen) atoms. The number of benzene rings is 1. The summed E-state index contributed by atoms with van der Waals surface area (Å²) >= 11 is 0. The molecule has 0 fully saturated rings. The molecule has 0 bridgehead atoms. The molecule has 0 radical (unpaired) electrons. The first kappa shape index (κ1) is 30.0. The molecule has 1 amide bonds. The topological polar surface area (TPSA) is 78.5 Å². The van der Waals surface area contributed by atoms with Gasteiger partial charge in [0.05, 0.1) is 6.61 Å². The fourth-order valence-electron chi connectivity index (χ4n) is 3.51. The summed E-state index contributed by atoms with van der Waals surface area (Å²) in [6, 6.07) is 5.58. The molecule has 1 rings (SSSR count). The molecule has 1 aromatic rings. The summed E-state index contributed by atoms with van der Waals surface area (Å²) in [6.45, 7) is 4.25. The summed E-state index contributed by atoms with van der Waals surface area (Å²) < 4.78 is 5.10. The van der Waals surface area contributed by atoms with Gasteiger partial charge in [0.25, 0.3) is 0 Å². The number of nitrogens with one attached hydrogen (secondary N) is 1. The number of unbranched alkanes of at least 4 members (excludes halogenated alkanes) is 10. The number of hydrogen-bond donors (Lipinski definition) is 1. The molecule has 1 aromatic carbocycles. The molecule has 6 heteroatoms.